The van der Waals surface area contributed by atoms with Crippen LogP contribution in [0.4, 0.5) is 26.4 Å². The van der Waals surface area contributed by atoms with Crippen LogP contribution in [0.25, 0.3) is 11.2 Å². The first-order valence-electron chi connectivity index (χ1n) is 14.3. The molecule has 42 heavy (non-hydrogen) atoms. The highest BCUT2D eigenvalue weighted by Crippen LogP contribution is 2.38. The summed E-state index contributed by atoms with van der Waals surface area (Å²) in [7, 11) is 0. The van der Waals surface area contributed by atoms with E-state index < -0.39 is 11.6 Å². The minimum atomic E-state index is -0.832. The number of benzene rings is 2. The number of amides is 1. The van der Waals surface area contributed by atoms with Gasteiger partial charge in [-0.15, -0.1) is 0 Å². The zero-order chi connectivity index (χ0) is 29.2. The number of imidazole rings is 1. The number of anilines is 3. The third-order valence-electron chi connectivity index (χ3n) is 8.23. The van der Waals surface area contributed by atoms with Crippen molar-refractivity contribution >= 4 is 46.3 Å². The lowest BCUT2D eigenvalue weighted by Gasteiger charge is -2.33. The predicted molar refractivity (Wildman–Crippen MR) is 159 cm³/mol. The van der Waals surface area contributed by atoms with Crippen molar-refractivity contribution in [2.24, 2.45) is 11.7 Å². The van der Waals surface area contributed by atoms with Crippen molar-refractivity contribution in [2.45, 2.75) is 57.2 Å². The number of likely N-dealkylation sites (tertiary alicyclic amines) is 1. The van der Waals surface area contributed by atoms with Gasteiger partial charge in [-0.1, -0.05) is 41.9 Å². The van der Waals surface area contributed by atoms with Crippen molar-refractivity contribution in [1.82, 2.24) is 24.4 Å². The molecule has 0 spiro atoms. The maximum Gasteiger partial charge on any atom is 0.225 e. The molecule has 3 heterocycles. The third kappa shape index (κ3) is 6.17. The van der Waals surface area contributed by atoms with Crippen molar-refractivity contribution in [3.05, 3.63) is 70.9 Å². The Balaban J connectivity index is 1.28. The molecular formula is C30H33ClF2N8O. The molecule has 2 fully saturated rings. The van der Waals surface area contributed by atoms with Gasteiger partial charge in [-0.05, 0) is 62.8 Å². The summed E-state index contributed by atoms with van der Waals surface area (Å²) in [6.45, 7) is 2.77. The number of nitrogens with two attached hydrogens (primary N) is 1. The van der Waals surface area contributed by atoms with E-state index in [4.69, 9.17) is 22.3 Å². The lowest BCUT2D eigenvalue weighted by atomic mass is 9.85. The summed E-state index contributed by atoms with van der Waals surface area (Å²) in [6.07, 6.45) is 6.18. The van der Waals surface area contributed by atoms with Gasteiger partial charge in [0, 0.05) is 36.1 Å². The molecule has 9 nitrogen and oxygen atoms in total. The van der Waals surface area contributed by atoms with Gasteiger partial charge in [0.15, 0.2) is 17.3 Å². The lowest BCUT2D eigenvalue weighted by Crippen LogP contribution is -2.41. The van der Waals surface area contributed by atoms with Gasteiger partial charge < -0.3 is 16.4 Å². The molecule has 4 aromatic rings. The van der Waals surface area contributed by atoms with Crippen molar-refractivity contribution in [3.8, 4) is 0 Å². The molecule has 0 bridgehead atoms. The number of carbonyl (C=O) groups is 1. The molecule has 1 unspecified atom stereocenters. The van der Waals surface area contributed by atoms with Crippen LogP contribution in [-0.2, 0) is 11.3 Å². The molecular weight excluding hydrogens is 562 g/mol. The Kier molecular flexibility index (Phi) is 8.21. The fraction of sp³-hybridized carbons (Fsp3) is 0.400. The monoisotopic (exact) mass is 594 g/mol. The molecule has 4 N–H and O–H groups in total. The molecule has 2 aliphatic rings. The van der Waals surface area contributed by atoms with E-state index in [9.17, 15) is 13.6 Å². The van der Waals surface area contributed by atoms with Gasteiger partial charge in [0.05, 0.1) is 6.20 Å². The van der Waals surface area contributed by atoms with E-state index in [2.05, 4.69) is 49.8 Å². The number of piperidine rings is 1. The van der Waals surface area contributed by atoms with E-state index in [1.54, 1.807) is 6.20 Å². The Morgan fingerprint density at radius 3 is 2.50 bits per heavy atom. The SMILES string of the molecule is NC(=O)C1CCC(n2c(Nc3c(F)cc(Cl)cc3F)nc3cnc(NC4CCCN(Cc5ccccc5)C4)nc32)CC1. The second kappa shape index (κ2) is 12.2. The molecule has 1 amide bonds. The van der Waals surface area contributed by atoms with Gasteiger partial charge in [-0.2, -0.15) is 4.98 Å². The number of rotatable bonds is 8. The van der Waals surface area contributed by atoms with Crippen molar-refractivity contribution in [2.75, 3.05) is 23.7 Å². The maximum absolute atomic E-state index is 14.7. The molecule has 12 heteroatoms. The fourth-order valence-corrected chi connectivity index (χ4v) is 6.32. The van der Waals surface area contributed by atoms with E-state index in [1.165, 1.54) is 5.56 Å². The van der Waals surface area contributed by atoms with Crippen LogP contribution in [0.3, 0.4) is 0 Å². The minimum Gasteiger partial charge on any atom is -0.369 e. The number of nitrogens with zero attached hydrogens (tertiary/aromatic N) is 5. The normalized spacial score (nSPS) is 21.4. The van der Waals surface area contributed by atoms with E-state index in [1.807, 2.05) is 10.6 Å². The number of primary amides is 1. The maximum atomic E-state index is 14.7. The van der Waals surface area contributed by atoms with Crippen molar-refractivity contribution in [1.29, 1.82) is 0 Å². The molecule has 1 saturated carbocycles. The fourth-order valence-electron chi connectivity index (χ4n) is 6.13. The number of nitrogens with one attached hydrogen (secondary N) is 2. The molecule has 220 valence electrons. The summed E-state index contributed by atoms with van der Waals surface area (Å²) >= 11 is 5.83. The van der Waals surface area contributed by atoms with Gasteiger partial charge in [0.2, 0.25) is 17.8 Å². The van der Waals surface area contributed by atoms with Gasteiger partial charge in [0.25, 0.3) is 0 Å². The first kappa shape index (κ1) is 28.3. The number of halogens is 3. The highest BCUT2D eigenvalue weighted by Gasteiger charge is 2.30. The van der Waals surface area contributed by atoms with Gasteiger partial charge in [0.1, 0.15) is 11.2 Å². The van der Waals surface area contributed by atoms with Crippen LogP contribution in [0, 0.1) is 17.6 Å². The second-order valence-corrected chi connectivity index (χ2v) is 11.6. The highest BCUT2D eigenvalue weighted by molar-refractivity contribution is 6.30. The predicted octanol–water partition coefficient (Wildman–Crippen LogP) is 5.79. The molecule has 2 aromatic heterocycles. The van der Waals surface area contributed by atoms with Crippen LogP contribution < -0.4 is 16.4 Å². The van der Waals surface area contributed by atoms with E-state index >= 15 is 0 Å². The topological polar surface area (TPSA) is 114 Å². The summed E-state index contributed by atoms with van der Waals surface area (Å²) < 4.78 is 31.4. The smallest absolute Gasteiger partial charge is 0.225 e. The summed E-state index contributed by atoms with van der Waals surface area (Å²) in [5.41, 5.74) is 7.52. The number of hydrogen-bond acceptors (Lipinski definition) is 7. The van der Waals surface area contributed by atoms with Gasteiger partial charge in [-0.3, -0.25) is 14.3 Å². The van der Waals surface area contributed by atoms with Crippen molar-refractivity contribution < 1.29 is 13.6 Å². The van der Waals surface area contributed by atoms with E-state index in [-0.39, 0.29) is 40.6 Å². The van der Waals surface area contributed by atoms with Gasteiger partial charge in [-0.25, -0.2) is 18.7 Å². The largest absolute Gasteiger partial charge is 0.369 e. The molecule has 1 atom stereocenters. The highest BCUT2D eigenvalue weighted by atomic mass is 35.5. The summed E-state index contributed by atoms with van der Waals surface area (Å²) in [4.78, 5) is 28.2. The van der Waals surface area contributed by atoms with Crippen LogP contribution in [-0.4, -0.2) is 49.5 Å². The number of carbonyl (C=O) groups excluding carboxylic acids is 1. The number of fused-ring (bicyclic) bond motifs is 1. The van der Waals surface area contributed by atoms with E-state index in [0.29, 0.717) is 42.8 Å². The summed E-state index contributed by atoms with van der Waals surface area (Å²) in [5, 5.41) is 6.31. The zero-order valence-electron chi connectivity index (χ0n) is 23.1. The van der Waals surface area contributed by atoms with E-state index in [0.717, 1.165) is 44.6 Å². The van der Waals surface area contributed by atoms with Crippen LogP contribution >= 0.6 is 11.6 Å². The van der Waals surface area contributed by atoms with Crippen LogP contribution in [0.1, 0.15) is 50.1 Å². The number of hydrogen-bond donors (Lipinski definition) is 3. The van der Waals surface area contributed by atoms with Crippen molar-refractivity contribution in [3.63, 3.8) is 0 Å². The molecule has 1 aliphatic heterocycles. The standard InChI is InChI=1S/C30H33ClF2N8O/c31-20-13-23(32)26(24(33)14-20)38-30-37-25-15-35-29(39-28(25)41(30)22-10-8-19(9-11-22)27(34)42)36-21-7-4-12-40(17-21)16-18-5-2-1-3-6-18/h1-3,5-6,13-15,19,21-22H,4,7-12,16-17H2,(H2,34,42)(H,37,38)(H,35,36,39). The average molecular weight is 595 g/mol. The molecule has 2 aromatic carbocycles. The lowest BCUT2D eigenvalue weighted by molar-refractivity contribution is -0.122. The summed E-state index contributed by atoms with van der Waals surface area (Å²) in [6, 6.07) is 12.6. The first-order valence-corrected chi connectivity index (χ1v) is 14.7. The average Bonchev–Trinajstić information content (AvgIpc) is 3.33. The van der Waals surface area contributed by atoms with Crippen LogP contribution in [0.5, 0.6) is 0 Å². The van der Waals surface area contributed by atoms with Gasteiger partial charge >= 0.3 is 0 Å². The Morgan fingerprint density at radius 2 is 1.79 bits per heavy atom. The zero-order valence-corrected chi connectivity index (χ0v) is 23.8. The first-order chi connectivity index (χ1) is 20.3. The molecule has 1 saturated heterocycles. The quantitative estimate of drug-likeness (QED) is 0.236. The van der Waals surface area contributed by atoms with Crippen LogP contribution in [0.15, 0.2) is 48.7 Å². The Bertz CT molecular complexity index is 1550. The van der Waals surface area contributed by atoms with Crippen LogP contribution in [0.2, 0.25) is 5.02 Å². The summed E-state index contributed by atoms with van der Waals surface area (Å²) in [5.74, 6) is -1.46. The third-order valence-corrected chi connectivity index (χ3v) is 8.45. The Labute approximate surface area is 247 Å². The Hall–Kier alpha value is -3.83. The molecule has 1 aliphatic carbocycles. The second-order valence-electron chi connectivity index (χ2n) is 11.2. The molecule has 0 radical (unpaired) electrons. The Morgan fingerprint density at radius 1 is 1.05 bits per heavy atom. The minimum absolute atomic E-state index is 0.0412. The molecule has 6 rings (SSSR count). The number of aromatic nitrogens is 4.